The van der Waals surface area contributed by atoms with E-state index in [1.165, 1.54) is 32.4 Å². The Morgan fingerprint density at radius 1 is 1.56 bits per heavy atom. The summed E-state index contributed by atoms with van der Waals surface area (Å²) in [6.07, 6.45) is 0. The monoisotopic (exact) mass is 291 g/mol. The number of ether oxygens (including phenoxy) is 1. The first kappa shape index (κ1) is 12.9. The number of rotatable bonds is 4. The molecule has 6 heteroatoms. The molecule has 0 bridgehead atoms. The summed E-state index contributed by atoms with van der Waals surface area (Å²) in [6.45, 7) is -0.172. The molecule has 0 N–H and O–H groups in total. The molecule has 88 valence electrons. The van der Waals surface area contributed by atoms with E-state index in [0.29, 0.717) is 10.2 Å². The summed E-state index contributed by atoms with van der Waals surface area (Å²) < 4.78 is 18.4. The maximum Gasteiger partial charge on any atom is 0.283 e. The number of benzene rings is 1. The van der Waals surface area contributed by atoms with Gasteiger partial charge in [-0.3, -0.25) is 9.63 Å². The topological polar surface area (TPSA) is 38.8 Å². The maximum absolute atomic E-state index is 12.7. The number of amides is 1. The molecule has 0 aliphatic carbocycles. The van der Waals surface area contributed by atoms with Gasteiger partial charge in [-0.1, -0.05) is 0 Å². The standard InChI is InChI=1S/C10H11BrFNO3/c1-13(15-2)10(14)6-16-9-4-3-7(12)5-8(9)11/h3-5H,6H2,1-2H3. The Hall–Kier alpha value is -1.14. The van der Waals surface area contributed by atoms with Crippen molar-refractivity contribution in [2.24, 2.45) is 0 Å². The van der Waals surface area contributed by atoms with E-state index in [1.54, 1.807) is 0 Å². The van der Waals surface area contributed by atoms with E-state index < -0.39 is 0 Å². The Morgan fingerprint density at radius 3 is 2.81 bits per heavy atom. The van der Waals surface area contributed by atoms with Crippen LogP contribution in [0, 0.1) is 5.82 Å². The molecule has 1 amide bonds. The Bertz CT molecular complexity index is 386. The van der Waals surface area contributed by atoms with Crippen LogP contribution in [-0.4, -0.2) is 31.7 Å². The molecule has 0 fully saturated rings. The molecule has 0 saturated carbocycles. The van der Waals surface area contributed by atoms with Crippen molar-refractivity contribution in [3.63, 3.8) is 0 Å². The average Bonchev–Trinajstić information content (AvgIpc) is 2.26. The quantitative estimate of drug-likeness (QED) is 0.797. The van der Waals surface area contributed by atoms with Gasteiger partial charge in [0.2, 0.25) is 0 Å². The van der Waals surface area contributed by atoms with Gasteiger partial charge in [0.15, 0.2) is 6.61 Å². The van der Waals surface area contributed by atoms with Crippen LogP contribution >= 0.6 is 15.9 Å². The molecule has 4 nitrogen and oxygen atoms in total. The number of hydrogen-bond acceptors (Lipinski definition) is 3. The molecule has 0 unspecified atom stereocenters. The number of hydrogen-bond donors (Lipinski definition) is 0. The molecule has 0 heterocycles. The third-order valence-corrected chi connectivity index (χ3v) is 2.49. The fraction of sp³-hybridized carbons (Fsp3) is 0.300. The van der Waals surface area contributed by atoms with Crippen LogP contribution < -0.4 is 4.74 Å². The summed E-state index contributed by atoms with van der Waals surface area (Å²) >= 11 is 3.13. The molecule has 0 aliphatic rings. The number of carbonyl (C=O) groups is 1. The van der Waals surface area contributed by atoms with Crippen LogP contribution in [0.3, 0.4) is 0 Å². The number of hydroxylamine groups is 2. The molecule has 0 radical (unpaired) electrons. The van der Waals surface area contributed by atoms with Gasteiger partial charge in [0.1, 0.15) is 11.6 Å². The summed E-state index contributed by atoms with van der Waals surface area (Å²) in [5.74, 6) is -0.308. The molecule has 0 spiro atoms. The Balaban J connectivity index is 2.58. The Labute approximate surface area is 101 Å². The lowest BCUT2D eigenvalue weighted by Crippen LogP contribution is -2.30. The normalized spacial score (nSPS) is 10.0. The van der Waals surface area contributed by atoms with Crippen molar-refractivity contribution in [1.82, 2.24) is 5.06 Å². The third kappa shape index (κ3) is 3.46. The molecule has 0 aromatic heterocycles. The first-order valence-corrected chi connectivity index (χ1v) is 5.22. The van der Waals surface area contributed by atoms with Crippen LogP contribution in [0.1, 0.15) is 0 Å². The highest BCUT2D eigenvalue weighted by atomic mass is 79.9. The van der Waals surface area contributed by atoms with Crippen LogP contribution in [0.15, 0.2) is 22.7 Å². The summed E-state index contributed by atoms with van der Waals surface area (Å²) in [5.41, 5.74) is 0. The summed E-state index contributed by atoms with van der Waals surface area (Å²) in [7, 11) is 2.86. The van der Waals surface area contributed by atoms with Crippen LogP contribution in [0.4, 0.5) is 4.39 Å². The van der Waals surface area contributed by atoms with E-state index in [4.69, 9.17) is 4.74 Å². The largest absolute Gasteiger partial charge is 0.482 e. The predicted molar refractivity (Wildman–Crippen MR) is 59.4 cm³/mol. The van der Waals surface area contributed by atoms with Crippen molar-refractivity contribution in [3.8, 4) is 5.75 Å². The van der Waals surface area contributed by atoms with Crippen molar-refractivity contribution < 1.29 is 18.8 Å². The molecule has 1 rings (SSSR count). The van der Waals surface area contributed by atoms with E-state index >= 15 is 0 Å². The number of halogens is 2. The fourth-order valence-electron chi connectivity index (χ4n) is 0.924. The molecule has 0 atom stereocenters. The lowest BCUT2D eigenvalue weighted by Gasteiger charge is -2.14. The maximum atomic E-state index is 12.7. The molecule has 0 aliphatic heterocycles. The number of carbonyl (C=O) groups excluding carboxylic acids is 1. The van der Waals surface area contributed by atoms with Gasteiger partial charge >= 0.3 is 0 Å². The molecular formula is C10H11BrFNO3. The van der Waals surface area contributed by atoms with Crippen molar-refractivity contribution in [3.05, 3.63) is 28.5 Å². The highest BCUT2D eigenvalue weighted by Gasteiger charge is 2.10. The highest BCUT2D eigenvalue weighted by Crippen LogP contribution is 2.25. The lowest BCUT2D eigenvalue weighted by atomic mass is 10.3. The van der Waals surface area contributed by atoms with Crippen molar-refractivity contribution in [2.45, 2.75) is 0 Å². The van der Waals surface area contributed by atoms with Gasteiger partial charge in [-0.2, -0.15) is 0 Å². The molecular weight excluding hydrogens is 281 g/mol. The Kier molecular flexibility index (Phi) is 4.70. The summed E-state index contributed by atoms with van der Waals surface area (Å²) in [4.78, 5) is 16.0. The molecule has 1 aromatic carbocycles. The van der Waals surface area contributed by atoms with E-state index in [0.717, 1.165) is 5.06 Å². The zero-order valence-electron chi connectivity index (χ0n) is 8.87. The van der Waals surface area contributed by atoms with Crippen molar-refractivity contribution >= 4 is 21.8 Å². The van der Waals surface area contributed by atoms with Crippen LogP contribution in [0.2, 0.25) is 0 Å². The highest BCUT2D eigenvalue weighted by molar-refractivity contribution is 9.10. The molecule has 0 saturated heterocycles. The SMILES string of the molecule is CON(C)C(=O)COc1ccc(F)cc1Br. The number of nitrogens with zero attached hydrogens (tertiary/aromatic N) is 1. The van der Waals surface area contributed by atoms with E-state index in [-0.39, 0.29) is 18.3 Å². The summed E-state index contributed by atoms with van der Waals surface area (Å²) in [5, 5.41) is 1.05. The van der Waals surface area contributed by atoms with Crippen LogP contribution in [-0.2, 0) is 9.63 Å². The van der Waals surface area contributed by atoms with Gasteiger partial charge in [-0.05, 0) is 34.1 Å². The zero-order chi connectivity index (χ0) is 12.1. The smallest absolute Gasteiger partial charge is 0.283 e. The predicted octanol–water partition coefficient (Wildman–Crippen LogP) is 1.99. The van der Waals surface area contributed by atoms with Gasteiger partial charge in [0.25, 0.3) is 5.91 Å². The second kappa shape index (κ2) is 5.81. The van der Waals surface area contributed by atoms with Gasteiger partial charge in [0.05, 0.1) is 11.6 Å². The van der Waals surface area contributed by atoms with E-state index in [9.17, 15) is 9.18 Å². The average molecular weight is 292 g/mol. The molecule has 16 heavy (non-hydrogen) atoms. The second-order valence-electron chi connectivity index (χ2n) is 2.94. The first-order valence-electron chi connectivity index (χ1n) is 4.43. The number of likely N-dealkylation sites (N-methyl/N-ethyl adjacent to an activating group) is 1. The van der Waals surface area contributed by atoms with E-state index in [2.05, 4.69) is 20.8 Å². The van der Waals surface area contributed by atoms with Crippen LogP contribution in [0.25, 0.3) is 0 Å². The third-order valence-electron chi connectivity index (χ3n) is 1.87. The van der Waals surface area contributed by atoms with Gasteiger partial charge < -0.3 is 4.74 Å². The second-order valence-corrected chi connectivity index (χ2v) is 3.79. The summed E-state index contributed by atoms with van der Waals surface area (Å²) in [6, 6.07) is 3.96. The van der Waals surface area contributed by atoms with Crippen molar-refractivity contribution in [2.75, 3.05) is 20.8 Å². The van der Waals surface area contributed by atoms with Crippen LogP contribution in [0.5, 0.6) is 5.75 Å². The Morgan fingerprint density at radius 2 is 2.25 bits per heavy atom. The lowest BCUT2D eigenvalue weighted by molar-refractivity contribution is -0.170. The minimum absolute atomic E-state index is 0.172. The van der Waals surface area contributed by atoms with Gasteiger partial charge in [-0.15, -0.1) is 0 Å². The zero-order valence-corrected chi connectivity index (χ0v) is 10.5. The van der Waals surface area contributed by atoms with Gasteiger partial charge in [0, 0.05) is 7.05 Å². The fourth-order valence-corrected chi connectivity index (χ4v) is 1.39. The van der Waals surface area contributed by atoms with Crippen molar-refractivity contribution in [1.29, 1.82) is 0 Å². The molecule has 1 aromatic rings. The minimum Gasteiger partial charge on any atom is -0.482 e. The minimum atomic E-state index is -0.375. The van der Waals surface area contributed by atoms with Gasteiger partial charge in [-0.25, -0.2) is 9.45 Å². The first-order chi connectivity index (χ1) is 7.54. The van der Waals surface area contributed by atoms with E-state index in [1.807, 2.05) is 0 Å².